The number of hydrogen-bond donors (Lipinski definition) is 1. The van der Waals surface area contributed by atoms with Gasteiger partial charge in [-0.15, -0.1) is 0 Å². The van der Waals surface area contributed by atoms with Crippen molar-refractivity contribution in [1.82, 2.24) is 4.72 Å². The third-order valence-electron chi connectivity index (χ3n) is 3.36. The summed E-state index contributed by atoms with van der Waals surface area (Å²) >= 11 is 5.93. The molecule has 0 amide bonds. The molecule has 2 rings (SSSR count). The smallest absolute Gasteiger partial charge is 0.338 e. The summed E-state index contributed by atoms with van der Waals surface area (Å²) in [5.74, 6) is -0.485. The average Bonchev–Trinajstić information content (AvgIpc) is 2.55. The van der Waals surface area contributed by atoms with Crippen LogP contribution < -0.4 is 4.72 Å². The molecule has 2 aromatic rings. The molecule has 0 saturated heterocycles. The van der Waals surface area contributed by atoms with E-state index in [0.717, 1.165) is 5.56 Å². The number of benzene rings is 2. The summed E-state index contributed by atoms with van der Waals surface area (Å²) in [6.45, 7) is 3.70. The molecule has 0 aliphatic heterocycles. The number of rotatable bonds is 6. The zero-order valence-corrected chi connectivity index (χ0v) is 14.9. The van der Waals surface area contributed by atoms with Gasteiger partial charge in [0.05, 0.1) is 17.1 Å². The molecule has 7 heteroatoms. The van der Waals surface area contributed by atoms with Gasteiger partial charge in [0.25, 0.3) is 0 Å². The van der Waals surface area contributed by atoms with Crippen LogP contribution in [0.25, 0.3) is 0 Å². The van der Waals surface area contributed by atoms with Crippen LogP contribution in [0.4, 0.5) is 0 Å². The minimum absolute atomic E-state index is 0.0735. The van der Waals surface area contributed by atoms with Gasteiger partial charge in [0.1, 0.15) is 0 Å². The highest BCUT2D eigenvalue weighted by molar-refractivity contribution is 7.89. The van der Waals surface area contributed by atoms with Crippen LogP contribution in [0, 0.1) is 0 Å². The largest absolute Gasteiger partial charge is 0.462 e. The predicted octanol–water partition coefficient (Wildman–Crippen LogP) is 3.56. The summed E-state index contributed by atoms with van der Waals surface area (Å²) < 4.78 is 32.4. The Hall–Kier alpha value is -1.89. The number of hydrogen-bond acceptors (Lipinski definition) is 4. The van der Waals surface area contributed by atoms with E-state index in [0.29, 0.717) is 10.6 Å². The maximum atomic E-state index is 12.4. The van der Waals surface area contributed by atoms with Gasteiger partial charge in [-0.25, -0.2) is 17.9 Å². The van der Waals surface area contributed by atoms with Crippen molar-refractivity contribution in [2.24, 2.45) is 0 Å². The zero-order valence-electron chi connectivity index (χ0n) is 13.3. The second-order valence-electron chi connectivity index (χ2n) is 5.14. The van der Waals surface area contributed by atoms with Crippen LogP contribution in [-0.2, 0) is 14.8 Å². The van der Waals surface area contributed by atoms with Gasteiger partial charge in [0.15, 0.2) is 0 Å². The van der Waals surface area contributed by atoms with Gasteiger partial charge < -0.3 is 4.74 Å². The number of carbonyl (C=O) groups excluding carboxylic acids is 1. The SMILES string of the molecule is CCOC(=O)c1ccc(S(=O)(=O)N[C@@H](C)c2cccc(Cl)c2)cc1. The van der Waals surface area contributed by atoms with E-state index in [-0.39, 0.29) is 11.5 Å². The van der Waals surface area contributed by atoms with Crippen LogP contribution >= 0.6 is 11.6 Å². The second kappa shape index (κ2) is 7.79. The van der Waals surface area contributed by atoms with E-state index >= 15 is 0 Å². The van der Waals surface area contributed by atoms with E-state index in [2.05, 4.69) is 4.72 Å². The molecule has 0 aliphatic carbocycles. The molecule has 0 aromatic heterocycles. The fourth-order valence-corrected chi connectivity index (χ4v) is 3.56. The Morgan fingerprint density at radius 1 is 1.21 bits per heavy atom. The lowest BCUT2D eigenvalue weighted by atomic mass is 10.1. The third kappa shape index (κ3) is 4.56. The zero-order chi connectivity index (χ0) is 17.7. The fourth-order valence-electron chi connectivity index (χ4n) is 2.13. The molecule has 0 radical (unpaired) electrons. The van der Waals surface area contributed by atoms with Gasteiger partial charge in [-0.2, -0.15) is 0 Å². The molecule has 0 bridgehead atoms. The topological polar surface area (TPSA) is 72.5 Å². The standard InChI is InChI=1S/C17H18ClNO4S/c1-3-23-17(20)13-7-9-16(10-8-13)24(21,22)19-12(2)14-5-4-6-15(18)11-14/h4-12,19H,3H2,1-2H3/t12-/m0/s1. The van der Waals surface area contributed by atoms with Crippen molar-refractivity contribution in [2.75, 3.05) is 6.61 Å². The molecule has 24 heavy (non-hydrogen) atoms. The highest BCUT2D eigenvalue weighted by atomic mass is 35.5. The van der Waals surface area contributed by atoms with E-state index in [1.807, 2.05) is 0 Å². The molecular formula is C17H18ClNO4S. The van der Waals surface area contributed by atoms with Crippen molar-refractivity contribution in [2.45, 2.75) is 24.8 Å². The Morgan fingerprint density at radius 2 is 1.88 bits per heavy atom. The average molecular weight is 368 g/mol. The third-order valence-corrected chi connectivity index (χ3v) is 5.15. The number of carbonyl (C=O) groups is 1. The number of nitrogens with one attached hydrogen (secondary N) is 1. The molecule has 5 nitrogen and oxygen atoms in total. The number of sulfonamides is 1. The van der Waals surface area contributed by atoms with Crippen molar-refractivity contribution < 1.29 is 17.9 Å². The molecule has 128 valence electrons. The first-order valence-corrected chi connectivity index (χ1v) is 9.24. The summed E-state index contributed by atoms with van der Waals surface area (Å²) in [5, 5.41) is 0.539. The second-order valence-corrected chi connectivity index (χ2v) is 7.29. The summed E-state index contributed by atoms with van der Waals surface area (Å²) in [6, 6.07) is 12.1. The molecule has 0 saturated carbocycles. The van der Waals surface area contributed by atoms with E-state index in [4.69, 9.17) is 16.3 Å². The highest BCUT2D eigenvalue weighted by Crippen LogP contribution is 2.20. The maximum Gasteiger partial charge on any atom is 0.338 e. The first-order valence-electron chi connectivity index (χ1n) is 7.38. The van der Waals surface area contributed by atoms with Gasteiger partial charge in [0.2, 0.25) is 10.0 Å². The number of halogens is 1. The minimum atomic E-state index is -3.72. The van der Waals surface area contributed by atoms with Crippen molar-refractivity contribution >= 4 is 27.6 Å². The molecular weight excluding hydrogens is 350 g/mol. The monoisotopic (exact) mass is 367 g/mol. The number of esters is 1. The molecule has 0 unspecified atom stereocenters. The van der Waals surface area contributed by atoms with Crippen LogP contribution in [0.2, 0.25) is 5.02 Å². The maximum absolute atomic E-state index is 12.4. The van der Waals surface area contributed by atoms with Gasteiger partial charge in [-0.05, 0) is 55.8 Å². The lowest BCUT2D eigenvalue weighted by Crippen LogP contribution is -2.27. The molecule has 0 spiro atoms. The normalized spacial score (nSPS) is 12.6. The van der Waals surface area contributed by atoms with Gasteiger partial charge in [-0.1, -0.05) is 23.7 Å². The minimum Gasteiger partial charge on any atom is -0.462 e. The molecule has 2 aromatic carbocycles. The van der Waals surface area contributed by atoms with Crippen molar-refractivity contribution in [1.29, 1.82) is 0 Å². The molecule has 0 heterocycles. The lowest BCUT2D eigenvalue weighted by Gasteiger charge is -2.15. The predicted molar refractivity (Wildman–Crippen MR) is 92.6 cm³/mol. The van der Waals surface area contributed by atoms with E-state index < -0.39 is 22.0 Å². The summed E-state index contributed by atoms with van der Waals surface area (Å²) in [4.78, 5) is 11.7. The van der Waals surface area contributed by atoms with Crippen LogP contribution in [0.5, 0.6) is 0 Å². The molecule has 1 N–H and O–H groups in total. The Labute approximate surface area is 146 Å². The van der Waals surface area contributed by atoms with Crippen LogP contribution in [0.1, 0.15) is 35.8 Å². The Balaban J connectivity index is 2.16. The highest BCUT2D eigenvalue weighted by Gasteiger charge is 2.19. The van der Waals surface area contributed by atoms with Crippen LogP contribution in [-0.4, -0.2) is 21.0 Å². The molecule has 0 fully saturated rings. The summed E-state index contributed by atoms with van der Waals surface area (Å²) in [5.41, 5.74) is 1.06. The Morgan fingerprint density at radius 3 is 2.46 bits per heavy atom. The quantitative estimate of drug-likeness (QED) is 0.792. The van der Waals surface area contributed by atoms with Crippen LogP contribution in [0.15, 0.2) is 53.4 Å². The van der Waals surface area contributed by atoms with E-state index in [9.17, 15) is 13.2 Å². The molecule has 1 atom stereocenters. The number of ether oxygens (including phenoxy) is 1. The summed E-state index contributed by atoms with van der Waals surface area (Å²) in [7, 11) is -3.72. The first kappa shape index (κ1) is 18.4. The van der Waals surface area contributed by atoms with Crippen molar-refractivity contribution in [3.05, 3.63) is 64.7 Å². The van der Waals surface area contributed by atoms with Gasteiger partial charge in [0, 0.05) is 11.1 Å². The van der Waals surface area contributed by atoms with Crippen molar-refractivity contribution in [3.8, 4) is 0 Å². The van der Waals surface area contributed by atoms with Gasteiger partial charge >= 0.3 is 5.97 Å². The van der Waals surface area contributed by atoms with E-state index in [1.54, 1.807) is 38.1 Å². The molecule has 0 aliphatic rings. The fraction of sp³-hybridized carbons (Fsp3) is 0.235. The summed E-state index contributed by atoms with van der Waals surface area (Å²) in [6.07, 6.45) is 0. The lowest BCUT2D eigenvalue weighted by molar-refractivity contribution is 0.0526. The van der Waals surface area contributed by atoms with Crippen LogP contribution in [0.3, 0.4) is 0 Å². The van der Waals surface area contributed by atoms with Gasteiger partial charge in [-0.3, -0.25) is 0 Å². The Bertz CT molecular complexity index is 819. The Kier molecular flexibility index (Phi) is 5.99. The van der Waals surface area contributed by atoms with Crippen molar-refractivity contribution in [3.63, 3.8) is 0 Å². The van der Waals surface area contributed by atoms with E-state index in [1.165, 1.54) is 24.3 Å². The first-order chi connectivity index (χ1) is 11.3.